The lowest BCUT2D eigenvalue weighted by Gasteiger charge is -2.28. The van der Waals surface area contributed by atoms with Crippen LogP contribution < -0.4 is 24.6 Å². The van der Waals surface area contributed by atoms with Gasteiger partial charge in [-0.15, -0.1) is 0 Å². The zero-order valence-electron chi connectivity index (χ0n) is 22.7. The Labute approximate surface area is 245 Å². The Balaban J connectivity index is 1.30. The van der Waals surface area contributed by atoms with E-state index < -0.39 is 12.5 Å². The van der Waals surface area contributed by atoms with Gasteiger partial charge in [-0.3, -0.25) is 14.5 Å². The number of methoxy groups -OCH3 is 1. The van der Waals surface area contributed by atoms with Crippen molar-refractivity contribution in [2.45, 2.75) is 6.61 Å². The SMILES string of the molecule is COc1ccc(/C=C2\N=C(SCC(=O)Nc3ccc(N4CCOCC4)cc3)N(c3ccc(OC(F)F)cc3)C2=O)cc1. The molecule has 12 heteroatoms. The maximum Gasteiger partial charge on any atom is 0.387 e. The van der Waals surface area contributed by atoms with Crippen molar-refractivity contribution in [2.75, 3.05) is 54.3 Å². The quantitative estimate of drug-likeness (QED) is 0.339. The number of carbonyl (C=O) groups is 2. The van der Waals surface area contributed by atoms with Crippen LogP contribution in [0.2, 0.25) is 0 Å². The second-order valence-electron chi connectivity index (χ2n) is 9.19. The molecule has 42 heavy (non-hydrogen) atoms. The molecule has 2 aliphatic rings. The average Bonchev–Trinajstić information content (AvgIpc) is 3.31. The maximum absolute atomic E-state index is 13.4. The Morgan fingerprint density at radius 1 is 1.00 bits per heavy atom. The number of morpholine rings is 1. The highest BCUT2D eigenvalue weighted by Gasteiger charge is 2.32. The monoisotopic (exact) mass is 594 g/mol. The fourth-order valence-electron chi connectivity index (χ4n) is 4.36. The molecule has 0 radical (unpaired) electrons. The minimum atomic E-state index is -2.97. The largest absolute Gasteiger partial charge is 0.497 e. The lowest BCUT2D eigenvalue weighted by atomic mass is 10.2. The van der Waals surface area contributed by atoms with E-state index in [-0.39, 0.29) is 28.3 Å². The Kier molecular flexibility index (Phi) is 9.35. The van der Waals surface area contributed by atoms with Crippen molar-refractivity contribution in [3.63, 3.8) is 0 Å². The van der Waals surface area contributed by atoms with Crippen LogP contribution in [0.5, 0.6) is 11.5 Å². The van der Waals surface area contributed by atoms with Crippen LogP contribution >= 0.6 is 11.8 Å². The van der Waals surface area contributed by atoms with Gasteiger partial charge >= 0.3 is 6.61 Å². The first kappa shape index (κ1) is 29.1. The molecule has 0 aliphatic carbocycles. The molecule has 9 nitrogen and oxygen atoms in total. The van der Waals surface area contributed by atoms with Crippen molar-refractivity contribution >= 4 is 51.9 Å². The highest BCUT2D eigenvalue weighted by molar-refractivity contribution is 8.14. The fourth-order valence-corrected chi connectivity index (χ4v) is 5.17. The molecule has 2 heterocycles. The van der Waals surface area contributed by atoms with E-state index in [1.54, 1.807) is 37.5 Å². The Bertz CT molecular complexity index is 1460. The first-order chi connectivity index (χ1) is 20.4. The molecular formula is C30H28F2N4O5S. The van der Waals surface area contributed by atoms with E-state index in [0.29, 0.717) is 30.3 Å². The predicted molar refractivity (Wildman–Crippen MR) is 160 cm³/mol. The molecule has 0 spiro atoms. The second-order valence-corrected chi connectivity index (χ2v) is 10.1. The summed E-state index contributed by atoms with van der Waals surface area (Å²) in [7, 11) is 1.56. The summed E-state index contributed by atoms with van der Waals surface area (Å²) in [5.41, 5.74) is 2.99. The normalized spacial score (nSPS) is 16.1. The fraction of sp³-hybridized carbons (Fsp3) is 0.233. The molecule has 218 valence electrons. The number of hydrogen-bond donors (Lipinski definition) is 1. The van der Waals surface area contributed by atoms with Crippen molar-refractivity contribution in [1.29, 1.82) is 0 Å². The number of aliphatic imine (C=N–C) groups is 1. The third-order valence-electron chi connectivity index (χ3n) is 6.43. The Morgan fingerprint density at radius 2 is 1.64 bits per heavy atom. The molecule has 2 amide bonds. The van der Waals surface area contributed by atoms with Crippen LogP contribution in [0.3, 0.4) is 0 Å². The average molecular weight is 595 g/mol. The summed E-state index contributed by atoms with van der Waals surface area (Å²) in [6.45, 7) is 0.0330. The van der Waals surface area contributed by atoms with Gasteiger partial charge in [0.1, 0.15) is 17.2 Å². The number of nitrogens with zero attached hydrogens (tertiary/aromatic N) is 3. The van der Waals surface area contributed by atoms with Crippen LogP contribution in [0.1, 0.15) is 5.56 Å². The van der Waals surface area contributed by atoms with Gasteiger partial charge in [0.05, 0.1) is 31.8 Å². The molecule has 0 unspecified atom stereocenters. The molecular weight excluding hydrogens is 566 g/mol. The summed E-state index contributed by atoms with van der Waals surface area (Å²) in [6.07, 6.45) is 1.63. The van der Waals surface area contributed by atoms with E-state index in [4.69, 9.17) is 9.47 Å². The van der Waals surface area contributed by atoms with Gasteiger partial charge in [0.25, 0.3) is 5.91 Å². The molecule has 0 aromatic heterocycles. The first-order valence-electron chi connectivity index (χ1n) is 13.1. The number of ether oxygens (including phenoxy) is 3. The summed E-state index contributed by atoms with van der Waals surface area (Å²) < 4.78 is 40.3. The van der Waals surface area contributed by atoms with E-state index >= 15 is 0 Å². The van der Waals surface area contributed by atoms with Crippen molar-refractivity contribution in [3.8, 4) is 11.5 Å². The van der Waals surface area contributed by atoms with Gasteiger partial charge in [-0.05, 0) is 72.3 Å². The second kappa shape index (κ2) is 13.5. The van der Waals surface area contributed by atoms with Crippen molar-refractivity contribution in [2.24, 2.45) is 4.99 Å². The number of nitrogens with one attached hydrogen (secondary N) is 1. The van der Waals surface area contributed by atoms with Crippen LogP contribution in [-0.2, 0) is 14.3 Å². The lowest BCUT2D eigenvalue weighted by Crippen LogP contribution is -2.36. The number of amides is 2. The number of halogens is 2. The molecule has 0 saturated carbocycles. The Morgan fingerprint density at radius 3 is 2.29 bits per heavy atom. The predicted octanol–water partition coefficient (Wildman–Crippen LogP) is 5.25. The molecule has 0 bridgehead atoms. The minimum Gasteiger partial charge on any atom is -0.497 e. The standard InChI is InChI=1S/C30H28F2N4O5S/c1-39-24-10-2-20(3-11-24)18-26-28(38)36(23-8-12-25(13-9-23)41-29(31)32)30(34-26)42-19-27(37)33-21-4-6-22(7-5-21)35-14-16-40-17-15-35/h2-13,18,29H,14-17,19H2,1H3,(H,33,37)/b26-18-. The van der Waals surface area contributed by atoms with Crippen molar-refractivity contribution in [3.05, 3.63) is 84.1 Å². The number of anilines is 3. The molecule has 1 N–H and O–H groups in total. The van der Waals surface area contributed by atoms with E-state index in [0.717, 1.165) is 36.1 Å². The first-order valence-corrected chi connectivity index (χ1v) is 14.1. The van der Waals surface area contributed by atoms with Crippen LogP contribution in [0.15, 0.2) is 83.5 Å². The van der Waals surface area contributed by atoms with Crippen LogP contribution in [0.4, 0.5) is 25.8 Å². The molecule has 1 saturated heterocycles. The summed E-state index contributed by atoms with van der Waals surface area (Å²) in [5.74, 6) is -0.0860. The zero-order valence-corrected chi connectivity index (χ0v) is 23.5. The highest BCUT2D eigenvalue weighted by Crippen LogP contribution is 2.31. The number of benzene rings is 3. The highest BCUT2D eigenvalue weighted by atomic mass is 32.2. The molecule has 3 aromatic rings. The van der Waals surface area contributed by atoms with Gasteiger partial charge in [-0.1, -0.05) is 23.9 Å². The lowest BCUT2D eigenvalue weighted by molar-refractivity contribution is -0.114. The maximum atomic E-state index is 13.4. The number of hydrogen-bond acceptors (Lipinski definition) is 8. The molecule has 3 aromatic carbocycles. The van der Waals surface area contributed by atoms with Crippen molar-refractivity contribution in [1.82, 2.24) is 0 Å². The number of thioether (sulfide) groups is 1. The molecule has 0 atom stereocenters. The van der Waals surface area contributed by atoms with E-state index in [9.17, 15) is 18.4 Å². The topological polar surface area (TPSA) is 92.7 Å². The van der Waals surface area contributed by atoms with Crippen LogP contribution in [-0.4, -0.2) is 62.8 Å². The van der Waals surface area contributed by atoms with Gasteiger partial charge in [-0.25, -0.2) is 4.99 Å². The van der Waals surface area contributed by atoms with E-state index in [1.807, 2.05) is 24.3 Å². The summed E-state index contributed by atoms with van der Waals surface area (Å²) >= 11 is 1.09. The summed E-state index contributed by atoms with van der Waals surface area (Å²) in [6, 6.07) is 20.4. The van der Waals surface area contributed by atoms with E-state index in [1.165, 1.54) is 29.2 Å². The third kappa shape index (κ3) is 7.25. The van der Waals surface area contributed by atoms with Gasteiger partial charge in [0.15, 0.2) is 5.17 Å². The van der Waals surface area contributed by atoms with Crippen molar-refractivity contribution < 1.29 is 32.6 Å². The number of carbonyl (C=O) groups excluding carboxylic acids is 2. The molecule has 1 fully saturated rings. The number of alkyl halides is 2. The smallest absolute Gasteiger partial charge is 0.387 e. The summed E-state index contributed by atoms with van der Waals surface area (Å²) in [5, 5.41) is 3.15. The molecule has 5 rings (SSSR count). The van der Waals surface area contributed by atoms with Crippen LogP contribution in [0.25, 0.3) is 6.08 Å². The number of rotatable bonds is 9. The van der Waals surface area contributed by atoms with Gasteiger partial charge in [0, 0.05) is 24.5 Å². The van der Waals surface area contributed by atoms with Gasteiger partial charge in [-0.2, -0.15) is 8.78 Å². The van der Waals surface area contributed by atoms with Crippen LogP contribution in [0, 0.1) is 0 Å². The third-order valence-corrected chi connectivity index (χ3v) is 7.37. The van der Waals surface area contributed by atoms with Gasteiger partial charge < -0.3 is 24.4 Å². The molecule has 2 aliphatic heterocycles. The van der Waals surface area contributed by atoms with E-state index in [2.05, 4.69) is 19.9 Å². The number of amidine groups is 1. The zero-order chi connectivity index (χ0) is 29.5. The van der Waals surface area contributed by atoms with Gasteiger partial charge in [0.2, 0.25) is 5.91 Å². The minimum absolute atomic E-state index is 0.0176. The summed E-state index contributed by atoms with van der Waals surface area (Å²) in [4.78, 5) is 34.4. The Hall–Kier alpha value is -4.42.